The molecule has 0 aliphatic heterocycles. The molecule has 0 unspecified atom stereocenters. The Morgan fingerprint density at radius 2 is 2.36 bits per heavy atom. The molecule has 0 radical (unpaired) electrons. The fourth-order valence-electron chi connectivity index (χ4n) is 1.06. The van der Waals surface area contributed by atoms with Gasteiger partial charge in [0.25, 0.3) is 0 Å². The Morgan fingerprint density at radius 1 is 1.57 bits per heavy atom. The third-order valence-corrected chi connectivity index (χ3v) is 2.75. The summed E-state index contributed by atoms with van der Waals surface area (Å²) in [6.45, 7) is 5.24. The van der Waals surface area contributed by atoms with Crippen LogP contribution >= 0.6 is 15.9 Å². The predicted octanol–water partition coefficient (Wildman–Crippen LogP) is 2.21. The summed E-state index contributed by atoms with van der Waals surface area (Å²) in [6, 6.07) is 1.97. The summed E-state index contributed by atoms with van der Waals surface area (Å²) in [7, 11) is 2.11. The molecule has 1 heterocycles. The number of hydrogen-bond donors (Lipinski definition) is 1. The van der Waals surface area contributed by atoms with Crippen LogP contribution in [0.25, 0.3) is 0 Å². The van der Waals surface area contributed by atoms with Crippen LogP contribution in [0.5, 0.6) is 0 Å². The number of nitrogens with zero attached hydrogens (tertiary/aromatic N) is 2. The highest BCUT2D eigenvalue weighted by molar-refractivity contribution is 9.10. The van der Waals surface area contributed by atoms with Gasteiger partial charge in [-0.3, -0.25) is 4.98 Å². The zero-order valence-electron chi connectivity index (χ0n) is 8.63. The third-order valence-electron chi connectivity index (χ3n) is 2.12. The molecule has 1 aromatic rings. The van der Waals surface area contributed by atoms with Crippen LogP contribution in [0.3, 0.4) is 0 Å². The van der Waals surface area contributed by atoms with Gasteiger partial charge in [0.15, 0.2) is 0 Å². The van der Waals surface area contributed by atoms with E-state index in [-0.39, 0.29) is 0 Å². The Morgan fingerprint density at radius 3 is 3.00 bits per heavy atom. The second-order valence-corrected chi connectivity index (χ2v) is 4.03. The van der Waals surface area contributed by atoms with Gasteiger partial charge in [-0.25, -0.2) is 0 Å². The maximum Gasteiger partial charge on any atom is 0.0590 e. The minimum Gasteiger partial charge on any atom is -0.383 e. The monoisotopic (exact) mass is 257 g/mol. The van der Waals surface area contributed by atoms with Crippen LogP contribution in [0.2, 0.25) is 0 Å². The number of halogens is 1. The molecule has 0 bridgehead atoms. The lowest BCUT2D eigenvalue weighted by Crippen LogP contribution is -2.24. The van der Waals surface area contributed by atoms with Crippen LogP contribution in [0.4, 0.5) is 5.69 Å². The second kappa shape index (κ2) is 5.98. The lowest BCUT2D eigenvalue weighted by atomic mass is 10.4. The van der Waals surface area contributed by atoms with Crippen LogP contribution in [-0.2, 0) is 0 Å². The molecule has 0 saturated heterocycles. The van der Waals surface area contributed by atoms with Crippen molar-refractivity contribution in [2.24, 2.45) is 0 Å². The van der Waals surface area contributed by atoms with Gasteiger partial charge in [0.05, 0.1) is 10.2 Å². The van der Waals surface area contributed by atoms with Gasteiger partial charge < -0.3 is 10.2 Å². The van der Waals surface area contributed by atoms with Crippen molar-refractivity contribution in [1.82, 2.24) is 9.88 Å². The number of likely N-dealkylation sites (N-methyl/N-ethyl adjacent to an activating group) is 1. The Bertz CT molecular complexity index is 278. The maximum absolute atomic E-state index is 4.01. The van der Waals surface area contributed by atoms with Crippen LogP contribution in [-0.4, -0.2) is 36.6 Å². The highest BCUT2D eigenvalue weighted by atomic mass is 79.9. The van der Waals surface area contributed by atoms with Gasteiger partial charge in [-0.15, -0.1) is 0 Å². The van der Waals surface area contributed by atoms with Gasteiger partial charge in [0.2, 0.25) is 0 Å². The van der Waals surface area contributed by atoms with Gasteiger partial charge in [-0.1, -0.05) is 6.92 Å². The molecular weight excluding hydrogens is 242 g/mol. The Labute approximate surface area is 93.7 Å². The summed E-state index contributed by atoms with van der Waals surface area (Å²) >= 11 is 3.44. The van der Waals surface area contributed by atoms with Gasteiger partial charge in [0, 0.05) is 25.5 Å². The first kappa shape index (κ1) is 11.5. The largest absolute Gasteiger partial charge is 0.383 e. The van der Waals surface area contributed by atoms with Crippen LogP contribution in [0.1, 0.15) is 6.92 Å². The third kappa shape index (κ3) is 3.64. The van der Waals surface area contributed by atoms with E-state index in [0.717, 1.165) is 29.8 Å². The van der Waals surface area contributed by atoms with Crippen molar-refractivity contribution in [1.29, 1.82) is 0 Å². The number of pyridine rings is 1. The molecule has 78 valence electrons. The minimum atomic E-state index is 0.951. The first-order valence-corrected chi connectivity index (χ1v) is 5.55. The number of aromatic nitrogens is 1. The molecule has 0 aromatic carbocycles. The van der Waals surface area contributed by atoms with E-state index >= 15 is 0 Å². The molecule has 14 heavy (non-hydrogen) atoms. The van der Waals surface area contributed by atoms with E-state index in [0.29, 0.717) is 0 Å². The highest BCUT2D eigenvalue weighted by Gasteiger charge is 1.98. The van der Waals surface area contributed by atoms with E-state index in [1.807, 2.05) is 6.07 Å². The van der Waals surface area contributed by atoms with E-state index in [1.54, 1.807) is 12.4 Å². The van der Waals surface area contributed by atoms with Gasteiger partial charge >= 0.3 is 0 Å². The highest BCUT2D eigenvalue weighted by Crippen LogP contribution is 2.19. The molecule has 1 N–H and O–H groups in total. The van der Waals surface area contributed by atoms with E-state index in [1.165, 1.54) is 0 Å². The SMILES string of the molecule is CCN(C)CCNc1ccncc1Br. The molecule has 1 aromatic heterocycles. The van der Waals surface area contributed by atoms with Crippen molar-refractivity contribution in [3.05, 3.63) is 22.9 Å². The van der Waals surface area contributed by atoms with Crippen LogP contribution < -0.4 is 5.32 Å². The summed E-state index contributed by atoms with van der Waals surface area (Å²) in [5.74, 6) is 0. The summed E-state index contributed by atoms with van der Waals surface area (Å²) in [4.78, 5) is 6.27. The van der Waals surface area contributed by atoms with Crippen molar-refractivity contribution < 1.29 is 0 Å². The average molecular weight is 258 g/mol. The first-order chi connectivity index (χ1) is 6.74. The molecule has 4 heteroatoms. The molecule has 0 spiro atoms. The van der Waals surface area contributed by atoms with E-state index in [4.69, 9.17) is 0 Å². The van der Waals surface area contributed by atoms with E-state index in [9.17, 15) is 0 Å². The molecule has 0 amide bonds. The molecule has 0 saturated carbocycles. The Kier molecular flexibility index (Phi) is 4.90. The van der Waals surface area contributed by atoms with Crippen LogP contribution in [0, 0.1) is 0 Å². The summed E-state index contributed by atoms with van der Waals surface area (Å²) < 4.78 is 1.01. The molecule has 0 atom stereocenters. The lowest BCUT2D eigenvalue weighted by molar-refractivity contribution is 0.367. The fourth-order valence-corrected chi connectivity index (χ4v) is 1.45. The topological polar surface area (TPSA) is 28.2 Å². The van der Waals surface area contributed by atoms with Crippen molar-refractivity contribution in [2.45, 2.75) is 6.92 Å². The van der Waals surface area contributed by atoms with Crippen molar-refractivity contribution in [2.75, 3.05) is 32.0 Å². The lowest BCUT2D eigenvalue weighted by Gasteiger charge is -2.15. The molecule has 3 nitrogen and oxygen atoms in total. The second-order valence-electron chi connectivity index (χ2n) is 3.18. The smallest absolute Gasteiger partial charge is 0.0590 e. The predicted molar refractivity (Wildman–Crippen MR) is 63.6 cm³/mol. The summed E-state index contributed by atoms with van der Waals surface area (Å²) in [5.41, 5.74) is 1.10. The molecule has 1 rings (SSSR count). The van der Waals surface area contributed by atoms with Gasteiger partial charge in [-0.05, 0) is 35.6 Å². The molecule has 0 fully saturated rings. The molecule has 0 aliphatic carbocycles. The van der Waals surface area contributed by atoms with Gasteiger partial charge in [-0.2, -0.15) is 0 Å². The number of nitrogens with one attached hydrogen (secondary N) is 1. The van der Waals surface area contributed by atoms with E-state index in [2.05, 4.69) is 45.1 Å². The summed E-state index contributed by atoms with van der Waals surface area (Å²) in [6.07, 6.45) is 3.59. The van der Waals surface area contributed by atoms with Crippen molar-refractivity contribution in [3.63, 3.8) is 0 Å². The quantitative estimate of drug-likeness (QED) is 0.877. The standard InChI is InChI=1S/C10H16BrN3/c1-3-14(2)7-6-13-10-4-5-12-8-9(10)11/h4-5,8H,3,6-7H2,1-2H3,(H,12,13). The van der Waals surface area contributed by atoms with Crippen LogP contribution in [0.15, 0.2) is 22.9 Å². The average Bonchev–Trinajstić information content (AvgIpc) is 2.20. The zero-order valence-corrected chi connectivity index (χ0v) is 10.2. The molecule has 0 aliphatic rings. The number of rotatable bonds is 5. The van der Waals surface area contributed by atoms with Crippen molar-refractivity contribution in [3.8, 4) is 0 Å². The zero-order chi connectivity index (χ0) is 10.4. The normalized spacial score (nSPS) is 10.6. The Balaban J connectivity index is 2.35. The van der Waals surface area contributed by atoms with E-state index < -0.39 is 0 Å². The maximum atomic E-state index is 4.01. The first-order valence-electron chi connectivity index (χ1n) is 4.76. The summed E-state index contributed by atoms with van der Waals surface area (Å²) in [5, 5.41) is 3.35. The van der Waals surface area contributed by atoms with Crippen molar-refractivity contribution >= 4 is 21.6 Å². The Hall–Kier alpha value is -0.610. The van der Waals surface area contributed by atoms with Gasteiger partial charge in [0.1, 0.15) is 0 Å². The number of anilines is 1. The fraction of sp³-hybridized carbons (Fsp3) is 0.500. The number of hydrogen-bond acceptors (Lipinski definition) is 3. The molecular formula is C10H16BrN3. The minimum absolute atomic E-state index is 0.951.